The van der Waals surface area contributed by atoms with Crippen LogP contribution in [0.25, 0.3) is 0 Å². The molecular formula is C12H24O2. The molecule has 0 aliphatic heterocycles. The normalized spacial score (nSPS) is 29.1. The van der Waals surface area contributed by atoms with Gasteiger partial charge in [0, 0.05) is 0 Å². The maximum absolute atomic E-state index is 10.2. The van der Waals surface area contributed by atoms with Gasteiger partial charge in [0.25, 0.3) is 0 Å². The molecule has 0 aromatic heterocycles. The molecule has 1 aliphatic carbocycles. The Hall–Kier alpha value is -0.0800. The van der Waals surface area contributed by atoms with Crippen molar-refractivity contribution in [1.82, 2.24) is 0 Å². The monoisotopic (exact) mass is 200 g/mol. The summed E-state index contributed by atoms with van der Waals surface area (Å²) in [5, 5.41) is 20.0. The zero-order valence-corrected chi connectivity index (χ0v) is 9.50. The lowest BCUT2D eigenvalue weighted by Gasteiger charge is -2.35. The van der Waals surface area contributed by atoms with Crippen molar-refractivity contribution in [3.8, 4) is 0 Å². The number of aliphatic hydroxyl groups is 2. The predicted molar refractivity (Wildman–Crippen MR) is 58.1 cm³/mol. The molecule has 0 bridgehead atoms. The third-order valence-electron chi connectivity index (χ3n) is 3.83. The third-order valence-corrected chi connectivity index (χ3v) is 3.83. The number of rotatable bonds is 4. The molecule has 1 saturated carbocycles. The molecule has 0 aromatic rings. The first-order valence-corrected chi connectivity index (χ1v) is 6.01. The maximum atomic E-state index is 10.2. The van der Waals surface area contributed by atoms with E-state index in [-0.39, 0.29) is 6.10 Å². The van der Waals surface area contributed by atoms with E-state index in [1.54, 1.807) is 0 Å². The number of hydrogen-bond acceptors (Lipinski definition) is 2. The Bertz CT molecular complexity index is 164. The SMILES string of the molecule is CCC(O)(CC)CC1CCCCC1O. The Kier molecular flexibility index (Phi) is 4.39. The van der Waals surface area contributed by atoms with Gasteiger partial charge in [-0.3, -0.25) is 0 Å². The molecule has 1 aliphatic rings. The largest absolute Gasteiger partial charge is 0.393 e. The van der Waals surface area contributed by atoms with Gasteiger partial charge in [0.1, 0.15) is 0 Å². The summed E-state index contributed by atoms with van der Waals surface area (Å²) < 4.78 is 0. The molecule has 14 heavy (non-hydrogen) atoms. The highest BCUT2D eigenvalue weighted by Gasteiger charge is 2.31. The van der Waals surface area contributed by atoms with Crippen LogP contribution in [-0.2, 0) is 0 Å². The quantitative estimate of drug-likeness (QED) is 0.732. The van der Waals surface area contributed by atoms with Crippen molar-refractivity contribution in [2.75, 3.05) is 0 Å². The Labute approximate surface area is 87.3 Å². The Balaban J connectivity index is 2.48. The van der Waals surface area contributed by atoms with Crippen LogP contribution in [0, 0.1) is 5.92 Å². The molecule has 2 N–H and O–H groups in total. The third kappa shape index (κ3) is 2.96. The zero-order valence-electron chi connectivity index (χ0n) is 9.50. The van der Waals surface area contributed by atoms with Crippen LogP contribution >= 0.6 is 0 Å². The van der Waals surface area contributed by atoms with Crippen LogP contribution in [0.1, 0.15) is 58.8 Å². The first-order chi connectivity index (χ1) is 6.61. The molecule has 0 radical (unpaired) electrons. The predicted octanol–water partition coefficient (Wildman–Crippen LogP) is 2.48. The summed E-state index contributed by atoms with van der Waals surface area (Å²) in [6.07, 6.45) is 6.58. The second kappa shape index (κ2) is 5.13. The first kappa shape index (κ1) is 12.0. The summed E-state index contributed by atoms with van der Waals surface area (Å²) in [6, 6.07) is 0. The van der Waals surface area contributed by atoms with Crippen molar-refractivity contribution in [2.45, 2.75) is 70.5 Å². The van der Waals surface area contributed by atoms with Crippen LogP contribution < -0.4 is 0 Å². The number of aliphatic hydroxyl groups excluding tert-OH is 1. The van der Waals surface area contributed by atoms with Gasteiger partial charge in [-0.05, 0) is 38.0 Å². The standard InChI is InChI=1S/C12H24O2/c1-3-12(14,4-2)9-10-7-5-6-8-11(10)13/h10-11,13-14H,3-9H2,1-2H3. The van der Waals surface area contributed by atoms with Crippen molar-refractivity contribution < 1.29 is 10.2 Å². The van der Waals surface area contributed by atoms with E-state index >= 15 is 0 Å². The maximum Gasteiger partial charge on any atom is 0.0646 e. The minimum absolute atomic E-state index is 0.173. The van der Waals surface area contributed by atoms with Gasteiger partial charge in [-0.1, -0.05) is 26.7 Å². The topological polar surface area (TPSA) is 40.5 Å². The average Bonchev–Trinajstić information content (AvgIpc) is 2.21. The van der Waals surface area contributed by atoms with E-state index in [1.807, 2.05) is 13.8 Å². The highest BCUT2D eigenvalue weighted by atomic mass is 16.3. The molecule has 2 heteroatoms. The van der Waals surface area contributed by atoms with E-state index in [4.69, 9.17) is 0 Å². The van der Waals surface area contributed by atoms with E-state index in [9.17, 15) is 10.2 Å². The van der Waals surface area contributed by atoms with E-state index < -0.39 is 5.60 Å². The first-order valence-electron chi connectivity index (χ1n) is 6.01. The van der Waals surface area contributed by atoms with Gasteiger partial charge < -0.3 is 10.2 Å². The van der Waals surface area contributed by atoms with Crippen molar-refractivity contribution in [3.05, 3.63) is 0 Å². The minimum atomic E-state index is -0.539. The van der Waals surface area contributed by atoms with Crippen molar-refractivity contribution >= 4 is 0 Å². The van der Waals surface area contributed by atoms with Crippen LogP contribution in [0.5, 0.6) is 0 Å². The smallest absolute Gasteiger partial charge is 0.0646 e. The summed E-state index contributed by atoms with van der Waals surface area (Å²) in [5.41, 5.74) is -0.539. The van der Waals surface area contributed by atoms with Gasteiger partial charge >= 0.3 is 0 Å². The van der Waals surface area contributed by atoms with Crippen molar-refractivity contribution in [3.63, 3.8) is 0 Å². The molecule has 1 fully saturated rings. The summed E-state index contributed by atoms with van der Waals surface area (Å²) >= 11 is 0. The molecular weight excluding hydrogens is 176 g/mol. The van der Waals surface area contributed by atoms with Gasteiger partial charge in [-0.15, -0.1) is 0 Å². The van der Waals surface area contributed by atoms with Gasteiger partial charge in [0.05, 0.1) is 11.7 Å². The fraction of sp³-hybridized carbons (Fsp3) is 1.00. The van der Waals surface area contributed by atoms with E-state index in [2.05, 4.69) is 0 Å². The van der Waals surface area contributed by atoms with E-state index in [0.717, 1.165) is 38.5 Å². The second-order valence-corrected chi connectivity index (χ2v) is 4.75. The lowest BCUT2D eigenvalue weighted by atomic mass is 9.77. The van der Waals surface area contributed by atoms with Crippen LogP contribution in [0.4, 0.5) is 0 Å². The van der Waals surface area contributed by atoms with Crippen molar-refractivity contribution in [2.24, 2.45) is 5.92 Å². The minimum Gasteiger partial charge on any atom is -0.393 e. The van der Waals surface area contributed by atoms with Gasteiger partial charge in [-0.2, -0.15) is 0 Å². The summed E-state index contributed by atoms with van der Waals surface area (Å²) in [7, 11) is 0. The lowest BCUT2D eigenvalue weighted by Crippen LogP contribution is -2.35. The Morgan fingerprint density at radius 1 is 1.14 bits per heavy atom. The van der Waals surface area contributed by atoms with Crippen LogP contribution in [-0.4, -0.2) is 21.9 Å². The average molecular weight is 200 g/mol. The molecule has 2 nitrogen and oxygen atoms in total. The number of hydrogen-bond donors (Lipinski definition) is 2. The Morgan fingerprint density at radius 3 is 2.21 bits per heavy atom. The summed E-state index contributed by atoms with van der Waals surface area (Å²) in [5.74, 6) is 0.327. The van der Waals surface area contributed by atoms with Crippen LogP contribution in [0.15, 0.2) is 0 Å². The molecule has 1 rings (SSSR count). The van der Waals surface area contributed by atoms with Crippen molar-refractivity contribution in [1.29, 1.82) is 0 Å². The molecule has 0 heterocycles. The molecule has 0 spiro atoms. The second-order valence-electron chi connectivity index (χ2n) is 4.75. The van der Waals surface area contributed by atoms with E-state index in [0.29, 0.717) is 5.92 Å². The lowest BCUT2D eigenvalue weighted by molar-refractivity contribution is -0.0297. The molecule has 0 saturated heterocycles. The van der Waals surface area contributed by atoms with Gasteiger partial charge in [0.2, 0.25) is 0 Å². The molecule has 2 unspecified atom stereocenters. The summed E-state index contributed by atoms with van der Waals surface area (Å²) in [4.78, 5) is 0. The highest BCUT2D eigenvalue weighted by molar-refractivity contribution is 4.84. The fourth-order valence-electron chi connectivity index (χ4n) is 2.45. The molecule has 0 amide bonds. The Morgan fingerprint density at radius 2 is 1.71 bits per heavy atom. The van der Waals surface area contributed by atoms with E-state index in [1.165, 1.54) is 6.42 Å². The fourth-order valence-corrected chi connectivity index (χ4v) is 2.45. The molecule has 0 aromatic carbocycles. The summed E-state index contributed by atoms with van der Waals surface area (Å²) in [6.45, 7) is 4.05. The van der Waals surface area contributed by atoms with Gasteiger partial charge in [-0.25, -0.2) is 0 Å². The zero-order chi connectivity index (χ0) is 10.6. The molecule has 84 valence electrons. The van der Waals surface area contributed by atoms with Crippen LogP contribution in [0.2, 0.25) is 0 Å². The molecule has 2 atom stereocenters. The van der Waals surface area contributed by atoms with Gasteiger partial charge in [0.15, 0.2) is 0 Å². The van der Waals surface area contributed by atoms with Crippen LogP contribution in [0.3, 0.4) is 0 Å². The highest BCUT2D eigenvalue weighted by Crippen LogP contribution is 2.33.